The van der Waals surface area contributed by atoms with E-state index in [4.69, 9.17) is 9.47 Å². The van der Waals surface area contributed by atoms with E-state index in [-0.39, 0.29) is 12.2 Å². The molecule has 1 aliphatic heterocycles. The Morgan fingerprint density at radius 1 is 1.31 bits per heavy atom. The van der Waals surface area contributed by atoms with Crippen LogP contribution in [0.5, 0.6) is 0 Å². The van der Waals surface area contributed by atoms with Crippen LogP contribution in [0, 0.1) is 5.92 Å². The van der Waals surface area contributed by atoms with E-state index in [1.807, 2.05) is 0 Å². The molecule has 1 amide bonds. The summed E-state index contributed by atoms with van der Waals surface area (Å²) >= 11 is 0. The molecule has 2 fully saturated rings. The van der Waals surface area contributed by atoms with Gasteiger partial charge in [-0.15, -0.1) is 0 Å². The van der Waals surface area contributed by atoms with Crippen LogP contribution in [0.3, 0.4) is 0 Å². The summed E-state index contributed by atoms with van der Waals surface area (Å²) < 4.78 is 10.3. The normalized spacial score (nSPS) is 23.4. The van der Waals surface area contributed by atoms with Gasteiger partial charge >= 0.3 is 0 Å². The molecule has 0 bridgehead atoms. The van der Waals surface area contributed by atoms with Gasteiger partial charge in [0.05, 0.1) is 19.6 Å². The fourth-order valence-electron chi connectivity index (χ4n) is 1.33. The molecule has 0 aromatic carbocycles. The summed E-state index contributed by atoms with van der Waals surface area (Å²) in [7, 11) is 0. The summed E-state index contributed by atoms with van der Waals surface area (Å²) in [4.78, 5) is 11.3. The molecule has 1 aliphatic carbocycles. The van der Waals surface area contributed by atoms with Gasteiger partial charge in [0.15, 0.2) is 6.29 Å². The average molecular weight is 185 g/mol. The Balaban J connectivity index is 1.59. The third-order valence-electron chi connectivity index (χ3n) is 2.33. The molecule has 1 heterocycles. The zero-order valence-corrected chi connectivity index (χ0v) is 7.62. The van der Waals surface area contributed by atoms with Crippen LogP contribution in [0.15, 0.2) is 0 Å². The standard InChI is InChI=1S/C9H15NO3/c11-8(10-6-7-1-2-7)5-9-12-3-4-13-9/h7,9H,1-6H2,(H,10,11). The Morgan fingerprint density at radius 2 is 2.00 bits per heavy atom. The van der Waals surface area contributed by atoms with E-state index in [1.54, 1.807) is 0 Å². The molecule has 0 spiro atoms. The second-order valence-electron chi connectivity index (χ2n) is 3.62. The van der Waals surface area contributed by atoms with Crippen molar-refractivity contribution in [3.8, 4) is 0 Å². The summed E-state index contributed by atoms with van der Waals surface area (Å²) in [6.45, 7) is 2.05. The van der Waals surface area contributed by atoms with Gasteiger partial charge in [-0.25, -0.2) is 0 Å². The van der Waals surface area contributed by atoms with E-state index in [0.717, 1.165) is 12.5 Å². The predicted octanol–water partition coefficient (Wildman–Crippen LogP) is 0.276. The second-order valence-corrected chi connectivity index (χ2v) is 3.62. The van der Waals surface area contributed by atoms with Crippen LogP contribution in [0.25, 0.3) is 0 Å². The Morgan fingerprint density at radius 3 is 2.62 bits per heavy atom. The first kappa shape index (κ1) is 8.97. The van der Waals surface area contributed by atoms with Crippen molar-refractivity contribution < 1.29 is 14.3 Å². The highest BCUT2D eigenvalue weighted by atomic mass is 16.7. The van der Waals surface area contributed by atoms with E-state index in [0.29, 0.717) is 19.6 Å². The van der Waals surface area contributed by atoms with Gasteiger partial charge in [-0.2, -0.15) is 0 Å². The highest BCUT2D eigenvalue weighted by molar-refractivity contribution is 5.76. The van der Waals surface area contributed by atoms with Crippen molar-refractivity contribution in [3.05, 3.63) is 0 Å². The molecule has 1 saturated carbocycles. The summed E-state index contributed by atoms with van der Waals surface area (Å²) in [6.07, 6.45) is 2.55. The Hall–Kier alpha value is -0.610. The van der Waals surface area contributed by atoms with Crippen molar-refractivity contribution in [2.75, 3.05) is 19.8 Å². The number of hydrogen-bond acceptors (Lipinski definition) is 3. The van der Waals surface area contributed by atoms with Crippen LogP contribution in [-0.4, -0.2) is 32.0 Å². The topological polar surface area (TPSA) is 47.6 Å². The number of nitrogens with one attached hydrogen (secondary N) is 1. The van der Waals surface area contributed by atoms with Crippen LogP contribution in [0.4, 0.5) is 0 Å². The van der Waals surface area contributed by atoms with Gasteiger partial charge in [0.25, 0.3) is 0 Å². The highest BCUT2D eigenvalue weighted by Gasteiger charge is 2.23. The van der Waals surface area contributed by atoms with Crippen molar-refractivity contribution in [3.63, 3.8) is 0 Å². The van der Waals surface area contributed by atoms with E-state index in [1.165, 1.54) is 12.8 Å². The molecule has 0 unspecified atom stereocenters. The molecule has 1 N–H and O–H groups in total. The van der Waals surface area contributed by atoms with Crippen molar-refractivity contribution in [2.45, 2.75) is 25.6 Å². The molecule has 0 atom stereocenters. The maximum absolute atomic E-state index is 11.3. The van der Waals surface area contributed by atoms with Crippen molar-refractivity contribution >= 4 is 5.91 Å². The molecule has 0 aromatic heterocycles. The van der Waals surface area contributed by atoms with Crippen molar-refractivity contribution in [2.24, 2.45) is 5.92 Å². The van der Waals surface area contributed by atoms with Crippen molar-refractivity contribution in [1.29, 1.82) is 0 Å². The zero-order chi connectivity index (χ0) is 9.10. The Kier molecular flexibility index (Phi) is 2.80. The minimum Gasteiger partial charge on any atom is -0.356 e. The molecule has 0 aromatic rings. The summed E-state index contributed by atoms with van der Waals surface area (Å²) in [5.41, 5.74) is 0. The van der Waals surface area contributed by atoms with E-state index in [2.05, 4.69) is 5.32 Å². The number of hydrogen-bond donors (Lipinski definition) is 1. The lowest BCUT2D eigenvalue weighted by molar-refractivity contribution is -0.129. The first-order valence-corrected chi connectivity index (χ1v) is 4.84. The van der Waals surface area contributed by atoms with Crippen LogP contribution < -0.4 is 5.32 Å². The van der Waals surface area contributed by atoms with Crippen LogP contribution in [0.1, 0.15) is 19.3 Å². The van der Waals surface area contributed by atoms with Gasteiger partial charge in [0.1, 0.15) is 0 Å². The maximum atomic E-state index is 11.3. The average Bonchev–Trinajstić information content (AvgIpc) is 2.82. The molecular formula is C9H15NO3. The van der Waals surface area contributed by atoms with Gasteiger partial charge in [-0.3, -0.25) is 4.79 Å². The number of amides is 1. The molecule has 2 rings (SSSR count). The van der Waals surface area contributed by atoms with E-state index < -0.39 is 0 Å². The Bertz CT molecular complexity index is 185. The van der Waals surface area contributed by atoms with Gasteiger partial charge in [-0.1, -0.05) is 0 Å². The monoisotopic (exact) mass is 185 g/mol. The minimum atomic E-state index is -0.306. The molecule has 74 valence electrons. The summed E-state index contributed by atoms with van der Waals surface area (Å²) in [5, 5.41) is 2.87. The third-order valence-corrected chi connectivity index (χ3v) is 2.33. The lowest BCUT2D eigenvalue weighted by Crippen LogP contribution is -2.29. The predicted molar refractivity (Wildman–Crippen MR) is 46.0 cm³/mol. The van der Waals surface area contributed by atoms with Gasteiger partial charge in [0.2, 0.25) is 5.91 Å². The quantitative estimate of drug-likeness (QED) is 0.684. The van der Waals surface area contributed by atoms with Crippen LogP contribution in [0.2, 0.25) is 0 Å². The molecule has 4 nitrogen and oxygen atoms in total. The maximum Gasteiger partial charge on any atom is 0.225 e. The molecule has 0 radical (unpaired) electrons. The number of rotatable bonds is 4. The van der Waals surface area contributed by atoms with Crippen molar-refractivity contribution in [1.82, 2.24) is 5.32 Å². The molecule has 2 aliphatic rings. The lowest BCUT2D eigenvalue weighted by atomic mass is 10.3. The molecule has 1 saturated heterocycles. The lowest BCUT2D eigenvalue weighted by Gasteiger charge is -2.08. The highest BCUT2D eigenvalue weighted by Crippen LogP contribution is 2.27. The van der Waals surface area contributed by atoms with Gasteiger partial charge < -0.3 is 14.8 Å². The first-order chi connectivity index (χ1) is 6.34. The number of carbonyl (C=O) groups is 1. The van der Waals surface area contributed by atoms with Crippen LogP contribution in [-0.2, 0) is 14.3 Å². The van der Waals surface area contributed by atoms with E-state index >= 15 is 0 Å². The zero-order valence-electron chi connectivity index (χ0n) is 7.62. The van der Waals surface area contributed by atoms with E-state index in [9.17, 15) is 4.79 Å². The fourth-order valence-corrected chi connectivity index (χ4v) is 1.33. The Labute approximate surface area is 77.6 Å². The smallest absolute Gasteiger partial charge is 0.225 e. The largest absolute Gasteiger partial charge is 0.356 e. The molecule has 13 heavy (non-hydrogen) atoms. The van der Waals surface area contributed by atoms with Gasteiger partial charge in [0, 0.05) is 6.54 Å². The third kappa shape index (κ3) is 2.97. The minimum absolute atomic E-state index is 0.0406. The molecular weight excluding hydrogens is 170 g/mol. The second kappa shape index (κ2) is 4.07. The fraction of sp³-hybridized carbons (Fsp3) is 0.889. The number of carbonyl (C=O) groups excluding carboxylic acids is 1. The first-order valence-electron chi connectivity index (χ1n) is 4.84. The van der Waals surface area contributed by atoms with Gasteiger partial charge in [-0.05, 0) is 18.8 Å². The summed E-state index contributed by atoms with van der Waals surface area (Å²) in [5.74, 6) is 0.771. The molecule has 4 heteroatoms. The SMILES string of the molecule is O=C(CC1OCCO1)NCC1CC1. The van der Waals surface area contributed by atoms with Crippen LogP contribution >= 0.6 is 0 Å². The number of ether oxygens (including phenoxy) is 2. The summed E-state index contributed by atoms with van der Waals surface area (Å²) in [6, 6.07) is 0.